The fourth-order valence-electron chi connectivity index (χ4n) is 3.18. The summed E-state index contributed by atoms with van der Waals surface area (Å²) in [6.07, 6.45) is 1.11. The number of benzene rings is 2. The number of nitrogens with one attached hydrogen (secondary N) is 1. The van der Waals surface area contributed by atoms with E-state index in [1.165, 1.54) is 0 Å². The lowest BCUT2D eigenvalue weighted by molar-refractivity contribution is 0.0711. The Bertz CT molecular complexity index is 1000. The van der Waals surface area contributed by atoms with Crippen molar-refractivity contribution in [1.82, 2.24) is 9.62 Å². The van der Waals surface area contributed by atoms with Crippen molar-refractivity contribution >= 4 is 39.1 Å². The molecule has 2 aromatic rings. The number of hydrogen-bond donors (Lipinski definition) is 1. The molecule has 1 N–H and O–H groups in total. The van der Waals surface area contributed by atoms with Gasteiger partial charge in [-0.15, -0.1) is 0 Å². The van der Waals surface area contributed by atoms with Crippen molar-refractivity contribution in [1.29, 1.82) is 0 Å². The molecule has 0 spiro atoms. The molecule has 0 bridgehead atoms. The SMILES string of the molecule is Cc1ccc(S(=O)(=O)NC2CCN(C(=O)c3ccc(Cl)c(Cl)c3)CC2)cc1C. The summed E-state index contributed by atoms with van der Waals surface area (Å²) in [5.74, 6) is -0.131. The van der Waals surface area contributed by atoms with E-state index in [9.17, 15) is 13.2 Å². The summed E-state index contributed by atoms with van der Waals surface area (Å²) in [7, 11) is -3.58. The van der Waals surface area contributed by atoms with Gasteiger partial charge in [-0.05, 0) is 68.1 Å². The van der Waals surface area contributed by atoms with E-state index in [4.69, 9.17) is 23.2 Å². The maximum Gasteiger partial charge on any atom is 0.253 e. The maximum atomic E-state index is 12.7. The summed E-state index contributed by atoms with van der Waals surface area (Å²) in [4.78, 5) is 14.6. The summed E-state index contributed by atoms with van der Waals surface area (Å²) in [5, 5.41) is 0.737. The zero-order chi connectivity index (χ0) is 20.5. The number of likely N-dealkylation sites (tertiary alicyclic amines) is 1. The van der Waals surface area contributed by atoms with E-state index in [0.29, 0.717) is 41.5 Å². The molecule has 28 heavy (non-hydrogen) atoms. The minimum absolute atomic E-state index is 0.131. The van der Waals surface area contributed by atoms with Crippen LogP contribution in [0.1, 0.15) is 34.3 Å². The van der Waals surface area contributed by atoms with Crippen LogP contribution in [-0.4, -0.2) is 38.4 Å². The predicted molar refractivity (Wildman–Crippen MR) is 112 cm³/mol. The smallest absolute Gasteiger partial charge is 0.253 e. The Morgan fingerprint density at radius 1 is 1.00 bits per heavy atom. The van der Waals surface area contributed by atoms with Crippen LogP contribution in [0.25, 0.3) is 0 Å². The zero-order valence-electron chi connectivity index (χ0n) is 15.7. The summed E-state index contributed by atoms with van der Waals surface area (Å²) < 4.78 is 28.1. The van der Waals surface area contributed by atoms with E-state index in [0.717, 1.165) is 11.1 Å². The number of sulfonamides is 1. The zero-order valence-corrected chi connectivity index (χ0v) is 18.0. The van der Waals surface area contributed by atoms with E-state index in [1.807, 2.05) is 19.9 Å². The first-order valence-electron chi connectivity index (χ1n) is 9.01. The quantitative estimate of drug-likeness (QED) is 0.774. The average Bonchev–Trinajstić information content (AvgIpc) is 2.66. The first-order chi connectivity index (χ1) is 13.2. The summed E-state index contributed by atoms with van der Waals surface area (Å²) >= 11 is 11.9. The van der Waals surface area contributed by atoms with Gasteiger partial charge in [0.2, 0.25) is 10.0 Å². The molecule has 0 saturated carbocycles. The molecule has 0 radical (unpaired) electrons. The third-order valence-electron chi connectivity index (χ3n) is 5.06. The van der Waals surface area contributed by atoms with Crippen molar-refractivity contribution in [3.63, 3.8) is 0 Å². The highest BCUT2D eigenvalue weighted by atomic mass is 35.5. The van der Waals surface area contributed by atoms with Gasteiger partial charge in [0.15, 0.2) is 0 Å². The lowest BCUT2D eigenvalue weighted by atomic mass is 10.0. The van der Waals surface area contributed by atoms with E-state index < -0.39 is 10.0 Å². The maximum absolute atomic E-state index is 12.7. The monoisotopic (exact) mass is 440 g/mol. The summed E-state index contributed by atoms with van der Waals surface area (Å²) in [5.41, 5.74) is 2.46. The molecule has 150 valence electrons. The highest BCUT2D eigenvalue weighted by molar-refractivity contribution is 7.89. The molecule has 1 saturated heterocycles. The van der Waals surface area contributed by atoms with Gasteiger partial charge in [-0.3, -0.25) is 4.79 Å². The Hall–Kier alpha value is -1.60. The van der Waals surface area contributed by atoms with Crippen LogP contribution in [-0.2, 0) is 10.0 Å². The molecule has 0 unspecified atom stereocenters. The molecule has 2 aromatic carbocycles. The van der Waals surface area contributed by atoms with E-state index >= 15 is 0 Å². The van der Waals surface area contributed by atoms with Gasteiger partial charge in [-0.2, -0.15) is 0 Å². The molecule has 5 nitrogen and oxygen atoms in total. The van der Waals surface area contributed by atoms with Crippen LogP contribution in [0, 0.1) is 13.8 Å². The minimum Gasteiger partial charge on any atom is -0.339 e. The molecular formula is C20H22Cl2N2O3S. The molecule has 1 amide bonds. The Labute approximate surface area is 175 Å². The second-order valence-corrected chi connectivity index (χ2v) is 9.59. The topological polar surface area (TPSA) is 66.5 Å². The molecular weight excluding hydrogens is 419 g/mol. The van der Waals surface area contributed by atoms with Crippen LogP contribution >= 0.6 is 23.2 Å². The van der Waals surface area contributed by atoms with Crippen molar-refractivity contribution in [3.05, 3.63) is 63.1 Å². The van der Waals surface area contributed by atoms with Gasteiger partial charge in [-0.25, -0.2) is 13.1 Å². The standard InChI is InChI=1S/C20H22Cl2N2O3S/c1-13-3-5-17(11-14(13)2)28(26,27)23-16-7-9-24(10-8-16)20(25)15-4-6-18(21)19(22)12-15/h3-6,11-12,16,23H,7-10H2,1-2H3. The average molecular weight is 441 g/mol. The number of nitrogens with zero attached hydrogens (tertiary/aromatic N) is 1. The van der Waals surface area contributed by atoms with E-state index in [2.05, 4.69) is 4.72 Å². The first kappa shape index (κ1) is 21.1. The van der Waals surface area contributed by atoms with Gasteiger partial charge >= 0.3 is 0 Å². The number of aryl methyl sites for hydroxylation is 2. The second-order valence-electron chi connectivity index (χ2n) is 7.06. The van der Waals surface area contributed by atoms with Crippen LogP contribution in [0.4, 0.5) is 0 Å². The molecule has 0 aliphatic carbocycles. The van der Waals surface area contributed by atoms with Crippen molar-refractivity contribution in [3.8, 4) is 0 Å². The number of carbonyl (C=O) groups is 1. The van der Waals surface area contributed by atoms with Crippen LogP contribution in [0.15, 0.2) is 41.3 Å². The first-order valence-corrected chi connectivity index (χ1v) is 11.3. The highest BCUT2D eigenvalue weighted by Crippen LogP contribution is 2.24. The van der Waals surface area contributed by atoms with Crippen LogP contribution in [0.5, 0.6) is 0 Å². The van der Waals surface area contributed by atoms with E-state index in [1.54, 1.807) is 35.2 Å². The third kappa shape index (κ3) is 4.69. The number of piperidine rings is 1. The largest absolute Gasteiger partial charge is 0.339 e. The molecule has 1 aliphatic rings. The number of amides is 1. The number of halogens is 2. The minimum atomic E-state index is -3.58. The van der Waals surface area contributed by atoms with Crippen molar-refractivity contribution in [2.75, 3.05) is 13.1 Å². The molecule has 8 heteroatoms. The Morgan fingerprint density at radius 3 is 2.29 bits per heavy atom. The van der Waals surface area contributed by atoms with Crippen molar-refractivity contribution < 1.29 is 13.2 Å². The van der Waals surface area contributed by atoms with Crippen LogP contribution in [0.3, 0.4) is 0 Å². The lowest BCUT2D eigenvalue weighted by Crippen LogP contribution is -2.46. The molecule has 1 heterocycles. The van der Waals surface area contributed by atoms with E-state index in [-0.39, 0.29) is 16.8 Å². The van der Waals surface area contributed by atoms with Gasteiger partial charge in [0.05, 0.1) is 14.9 Å². The molecule has 3 rings (SSSR count). The molecule has 0 aromatic heterocycles. The number of hydrogen-bond acceptors (Lipinski definition) is 3. The van der Waals surface area contributed by atoms with Crippen LogP contribution in [0.2, 0.25) is 10.0 Å². The lowest BCUT2D eigenvalue weighted by Gasteiger charge is -2.32. The van der Waals surface area contributed by atoms with Gasteiger partial charge in [-0.1, -0.05) is 29.3 Å². The number of rotatable bonds is 4. The molecule has 1 aliphatic heterocycles. The van der Waals surface area contributed by atoms with Crippen LogP contribution < -0.4 is 4.72 Å². The van der Waals surface area contributed by atoms with Crippen molar-refractivity contribution in [2.45, 2.75) is 37.6 Å². The van der Waals surface area contributed by atoms with Gasteiger partial charge < -0.3 is 4.90 Å². The Kier molecular flexibility index (Phi) is 6.34. The highest BCUT2D eigenvalue weighted by Gasteiger charge is 2.27. The third-order valence-corrected chi connectivity index (χ3v) is 7.32. The summed E-state index contributed by atoms with van der Waals surface area (Å²) in [6.45, 7) is 4.78. The fraction of sp³-hybridized carbons (Fsp3) is 0.350. The van der Waals surface area contributed by atoms with Gasteiger partial charge in [0.1, 0.15) is 0 Å². The molecule has 1 fully saturated rings. The Balaban J connectivity index is 1.62. The van der Waals surface area contributed by atoms with Gasteiger partial charge in [0, 0.05) is 24.7 Å². The number of carbonyl (C=O) groups excluding carboxylic acids is 1. The van der Waals surface area contributed by atoms with Gasteiger partial charge in [0.25, 0.3) is 5.91 Å². The van der Waals surface area contributed by atoms with Crippen molar-refractivity contribution in [2.24, 2.45) is 0 Å². The summed E-state index contributed by atoms with van der Waals surface area (Å²) in [6, 6.07) is 9.70. The normalized spacial score (nSPS) is 15.6. The second kappa shape index (κ2) is 8.41. The Morgan fingerprint density at radius 2 is 1.68 bits per heavy atom. The predicted octanol–water partition coefficient (Wildman–Crippen LogP) is 4.19. The molecule has 0 atom stereocenters. The fourth-order valence-corrected chi connectivity index (χ4v) is 4.87.